The van der Waals surface area contributed by atoms with Crippen LogP contribution >= 0.6 is 0 Å². The van der Waals surface area contributed by atoms with Crippen LogP contribution < -0.4 is 5.32 Å². The zero-order chi connectivity index (χ0) is 20.4. The summed E-state index contributed by atoms with van der Waals surface area (Å²) in [5, 5.41) is 2.95. The summed E-state index contributed by atoms with van der Waals surface area (Å²) in [5.41, 5.74) is 3.04. The molecular formula is C23H25N3O3. The first-order valence-electron chi connectivity index (χ1n) is 10.1. The van der Waals surface area contributed by atoms with E-state index in [4.69, 9.17) is 4.42 Å². The molecule has 0 spiro atoms. The first-order valence-corrected chi connectivity index (χ1v) is 10.1. The van der Waals surface area contributed by atoms with Crippen molar-refractivity contribution in [3.05, 3.63) is 60.0 Å². The number of rotatable bonds is 5. The van der Waals surface area contributed by atoms with E-state index in [1.165, 1.54) is 0 Å². The topological polar surface area (TPSA) is 75.4 Å². The molecule has 1 N–H and O–H groups in total. The fourth-order valence-electron chi connectivity index (χ4n) is 3.71. The molecule has 29 heavy (non-hydrogen) atoms. The molecule has 0 saturated carbocycles. The van der Waals surface area contributed by atoms with Crippen LogP contribution in [0.5, 0.6) is 0 Å². The van der Waals surface area contributed by atoms with Crippen LogP contribution in [0.25, 0.3) is 11.1 Å². The number of nitrogens with one attached hydrogen (secondary N) is 1. The van der Waals surface area contributed by atoms with E-state index in [0.29, 0.717) is 36.5 Å². The zero-order valence-electron chi connectivity index (χ0n) is 16.7. The quantitative estimate of drug-likeness (QED) is 0.710. The molecule has 4 rings (SSSR count). The van der Waals surface area contributed by atoms with Crippen molar-refractivity contribution < 1.29 is 14.0 Å². The first kappa shape index (κ1) is 19.2. The van der Waals surface area contributed by atoms with Gasteiger partial charge in [0.25, 0.3) is 0 Å². The maximum absolute atomic E-state index is 12.9. The third-order valence-electron chi connectivity index (χ3n) is 5.24. The molecule has 1 unspecified atom stereocenters. The van der Waals surface area contributed by atoms with E-state index in [9.17, 15) is 9.59 Å². The Hall–Kier alpha value is -3.15. The highest BCUT2D eigenvalue weighted by atomic mass is 16.3. The van der Waals surface area contributed by atoms with Crippen molar-refractivity contribution >= 4 is 28.6 Å². The van der Waals surface area contributed by atoms with E-state index in [1.54, 1.807) is 11.0 Å². The van der Waals surface area contributed by atoms with E-state index in [2.05, 4.69) is 10.3 Å². The van der Waals surface area contributed by atoms with Crippen LogP contribution in [0.4, 0.5) is 5.69 Å². The molecule has 2 aromatic carbocycles. The summed E-state index contributed by atoms with van der Waals surface area (Å²) in [7, 11) is 0. The molecule has 0 aliphatic carbocycles. The second kappa shape index (κ2) is 8.07. The smallest absolute Gasteiger partial charge is 0.247 e. The average molecular weight is 391 g/mol. The van der Waals surface area contributed by atoms with Gasteiger partial charge in [-0.1, -0.05) is 44.2 Å². The first-order chi connectivity index (χ1) is 14.0. The minimum Gasteiger partial charge on any atom is -0.440 e. The second-order valence-electron chi connectivity index (χ2n) is 7.79. The lowest BCUT2D eigenvalue weighted by Crippen LogP contribution is -2.43. The van der Waals surface area contributed by atoms with Crippen LogP contribution in [0.3, 0.4) is 0 Å². The Balaban J connectivity index is 1.45. The third-order valence-corrected chi connectivity index (χ3v) is 5.24. The number of oxazole rings is 1. The van der Waals surface area contributed by atoms with Gasteiger partial charge in [0.2, 0.25) is 11.8 Å². The number of likely N-dealkylation sites (tertiary alicyclic amines) is 1. The van der Waals surface area contributed by atoms with Gasteiger partial charge in [0.15, 0.2) is 11.5 Å². The number of hydrogen-bond acceptors (Lipinski definition) is 4. The van der Waals surface area contributed by atoms with Gasteiger partial charge < -0.3 is 14.6 Å². The molecule has 1 saturated heterocycles. The summed E-state index contributed by atoms with van der Waals surface area (Å²) in [6.45, 7) is 4.66. The molecule has 2 amide bonds. The molecule has 0 bridgehead atoms. The summed E-state index contributed by atoms with van der Waals surface area (Å²) in [6.07, 6.45) is 1.82. The number of hydrogen-bond donors (Lipinski definition) is 1. The number of aromatic nitrogens is 1. The molecule has 6 nitrogen and oxygen atoms in total. The van der Waals surface area contributed by atoms with Gasteiger partial charge in [0.05, 0.1) is 6.42 Å². The largest absolute Gasteiger partial charge is 0.440 e. The van der Waals surface area contributed by atoms with Crippen molar-refractivity contribution in [1.29, 1.82) is 0 Å². The van der Waals surface area contributed by atoms with Crippen LogP contribution in [-0.4, -0.2) is 34.3 Å². The van der Waals surface area contributed by atoms with Gasteiger partial charge in [0, 0.05) is 18.2 Å². The Labute approximate surface area is 169 Å². The van der Waals surface area contributed by atoms with E-state index >= 15 is 0 Å². The van der Waals surface area contributed by atoms with E-state index in [0.717, 1.165) is 17.5 Å². The lowest BCUT2D eigenvalue weighted by molar-refractivity contribution is -0.136. The highest BCUT2D eigenvalue weighted by Gasteiger charge is 2.34. The molecule has 1 fully saturated rings. The molecule has 1 aromatic heterocycles. The van der Waals surface area contributed by atoms with Crippen LogP contribution in [0.2, 0.25) is 0 Å². The zero-order valence-corrected chi connectivity index (χ0v) is 16.7. The molecule has 1 aliphatic heterocycles. The minimum absolute atomic E-state index is 0.0117. The highest BCUT2D eigenvalue weighted by Crippen LogP contribution is 2.25. The van der Waals surface area contributed by atoms with Gasteiger partial charge in [0.1, 0.15) is 11.6 Å². The van der Waals surface area contributed by atoms with Gasteiger partial charge in [-0.05, 0) is 36.6 Å². The maximum atomic E-state index is 12.9. The van der Waals surface area contributed by atoms with E-state index in [1.807, 2.05) is 56.3 Å². The lowest BCUT2D eigenvalue weighted by atomic mass is 10.1. The Bertz CT molecular complexity index is 1030. The van der Waals surface area contributed by atoms with Crippen molar-refractivity contribution in [3.8, 4) is 0 Å². The van der Waals surface area contributed by atoms with Crippen LogP contribution in [0, 0.1) is 0 Å². The van der Waals surface area contributed by atoms with Gasteiger partial charge >= 0.3 is 0 Å². The minimum atomic E-state index is -0.439. The molecule has 3 aromatic rings. The molecule has 1 atom stereocenters. The van der Waals surface area contributed by atoms with Gasteiger partial charge in [-0.25, -0.2) is 4.98 Å². The van der Waals surface area contributed by atoms with Crippen molar-refractivity contribution in [3.63, 3.8) is 0 Å². The Morgan fingerprint density at radius 3 is 2.76 bits per heavy atom. The Kier molecular flexibility index (Phi) is 5.34. The SMILES string of the molecule is CC(C)c1nc2cc(NC(=O)C3CCCN3C(=O)Cc3ccccc3)ccc2o1. The fourth-order valence-corrected chi connectivity index (χ4v) is 3.71. The maximum Gasteiger partial charge on any atom is 0.247 e. The number of benzene rings is 2. The molecular weight excluding hydrogens is 366 g/mol. The van der Waals surface area contributed by atoms with Crippen molar-refractivity contribution in [2.75, 3.05) is 11.9 Å². The standard InChI is InChI=1S/C23H25N3O3/c1-15(2)23-25-18-14-17(10-11-20(18)29-23)24-22(28)19-9-6-12-26(19)21(27)13-16-7-4-3-5-8-16/h3-5,7-8,10-11,14-15,19H,6,9,12-13H2,1-2H3,(H,24,28). The predicted molar refractivity (Wildman–Crippen MR) is 112 cm³/mol. The van der Waals surface area contributed by atoms with E-state index in [-0.39, 0.29) is 17.7 Å². The van der Waals surface area contributed by atoms with Gasteiger partial charge in [-0.3, -0.25) is 9.59 Å². The summed E-state index contributed by atoms with van der Waals surface area (Å²) in [6, 6.07) is 14.6. The average Bonchev–Trinajstić information content (AvgIpc) is 3.35. The normalized spacial score (nSPS) is 16.5. The number of amides is 2. The fraction of sp³-hybridized carbons (Fsp3) is 0.348. The summed E-state index contributed by atoms with van der Waals surface area (Å²) in [4.78, 5) is 31.8. The number of carbonyl (C=O) groups is 2. The second-order valence-corrected chi connectivity index (χ2v) is 7.79. The number of carbonyl (C=O) groups excluding carboxylic acids is 2. The summed E-state index contributed by atoms with van der Waals surface area (Å²) >= 11 is 0. The highest BCUT2D eigenvalue weighted by molar-refractivity contribution is 5.98. The molecule has 1 aliphatic rings. The number of nitrogens with zero attached hydrogens (tertiary/aromatic N) is 2. The van der Waals surface area contributed by atoms with Gasteiger partial charge in [-0.15, -0.1) is 0 Å². The summed E-state index contributed by atoms with van der Waals surface area (Å²) in [5.74, 6) is 0.707. The molecule has 2 heterocycles. The van der Waals surface area contributed by atoms with Crippen LogP contribution in [0.15, 0.2) is 52.9 Å². The molecule has 150 valence electrons. The van der Waals surface area contributed by atoms with Crippen LogP contribution in [-0.2, 0) is 16.0 Å². The lowest BCUT2D eigenvalue weighted by Gasteiger charge is -2.24. The third kappa shape index (κ3) is 4.16. The van der Waals surface area contributed by atoms with Crippen molar-refractivity contribution in [2.24, 2.45) is 0 Å². The van der Waals surface area contributed by atoms with Crippen LogP contribution in [0.1, 0.15) is 44.1 Å². The van der Waals surface area contributed by atoms with E-state index < -0.39 is 6.04 Å². The summed E-state index contributed by atoms with van der Waals surface area (Å²) < 4.78 is 5.72. The monoisotopic (exact) mass is 391 g/mol. The Morgan fingerprint density at radius 2 is 2.00 bits per heavy atom. The van der Waals surface area contributed by atoms with Gasteiger partial charge in [-0.2, -0.15) is 0 Å². The predicted octanol–water partition coefficient (Wildman–Crippen LogP) is 4.12. The van der Waals surface area contributed by atoms with Crippen molar-refractivity contribution in [2.45, 2.75) is 45.1 Å². The van der Waals surface area contributed by atoms with Crippen molar-refractivity contribution in [1.82, 2.24) is 9.88 Å². The molecule has 6 heteroatoms. The molecule has 0 radical (unpaired) electrons. The Morgan fingerprint density at radius 1 is 1.21 bits per heavy atom. The number of fused-ring (bicyclic) bond motifs is 1. The number of anilines is 1.